The lowest BCUT2D eigenvalue weighted by Crippen LogP contribution is -2.70. The predicted molar refractivity (Wildman–Crippen MR) is 154 cm³/mol. The number of phenols is 1. The zero-order valence-corrected chi connectivity index (χ0v) is 23.5. The fourth-order valence-electron chi connectivity index (χ4n) is 7.16. The lowest BCUT2D eigenvalue weighted by atomic mass is 9.76. The van der Waals surface area contributed by atoms with Crippen molar-refractivity contribution < 1.29 is 42.6 Å². The van der Waals surface area contributed by atoms with Crippen molar-refractivity contribution in [3.63, 3.8) is 0 Å². The molecule has 1 spiro atoms. The molecule has 1 unspecified atom stereocenters. The van der Waals surface area contributed by atoms with Gasteiger partial charge in [-0.1, -0.05) is 20.1 Å². The molecule has 2 aromatic carbocycles. The molecule has 2 bridgehead atoms. The zero-order chi connectivity index (χ0) is 29.6. The monoisotopic (exact) mass is 597 g/mol. The van der Waals surface area contributed by atoms with Crippen LogP contribution in [0.3, 0.4) is 0 Å². The molecular weight excluding hydrogens is 563 g/mol. The minimum atomic E-state index is -1.01. The van der Waals surface area contributed by atoms with Crippen LogP contribution in [-0.2, 0) is 25.5 Å². The molecule has 2 N–H and O–H groups in total. The lowest BCUT2D eigenvalue weighted by Gasteiger charge is -2.52. The van der Waals surface area contributed by atoms with Gasteiger partial charge in [0.2, 0.25) is 25.5 Å². The molecular formula is C29H32BN2O9S. The molecule has 221 valence electrons. The van der Waals surface area contributed by atoms with Crippen LogP contribution in [0.25, 0.3) is 0 Å². The van der Waals surface area contributed by atoms with Gasteiger partial charge in [-0.15, -0.1) is 0 Å². The van der Waals surface area contributed by atoms with Gasteiger partial charge in [-0.2, -0.15) is 0 Å². The third kappa shape index (κ3) is 3.52. The molecule has 1 radical (unpaired) electrons. The standard InChI is InChI=1S/C28H28BN2O9S.CH4/c1-5-6-36-20-12(2)21-23(38-11-37-21)18-15-10-28(19(18)20)24(26(34)39-28)31(15)25(33)14-9-27(3,30-14)13-7-16(32)22(35-4)17(8-13)40-41-29;/h5,7-8,14-15,24,29-30,32H,1,6,9-11H2,2-4H3;1H4/t14-,15+,24+,27?,28-;/m0./s1/i29T;. The van der Waals surface area contributed by atoms with E-state index in [1.807, 2.05) is 13.8 Å². The summed E-state index contributed by atoms with van der Waals surface area (Å²) in [6.45, 7) is 7.85. The Balaban J connectivity index is 0.00000329. The minimum absolute atomic E-state index is 0. The number of hydrogen-bond acceptors (Lipinski definition) is 11. The summed E-state index contributed by atoms with van der Waals surface area (Å²) in [5.74, 6) is 1.32. The van der Waals surface area contributed by atoms with Crippen molar-refractivity contribution in [1.82, 2.24) is 10.2 Å². The summed E-state index contributed by atoms with van der Waals surface area (Å²) in [5.41, 5.74) is 1.26. The summed E-state index contributed by atoms with van der Waals surface area (Å²) in [5, 5.41) is 13.9. The predicted octanol–water partition coefficient (Wildman–Crippen LogP) is 3.17. The maximum atomic E-state index is 14.1. The number of aromatic hydroxyl groups is 1. The molecule has 1 amide bonds. The summed E-state index contributed by atoms with van der Waals surface area (Å²) in [6, 6.07) is 1.46. The number of likely N-dealkylation sites (tertiary alicyclic amines) is 1. The quantitative estimate of drug-likeness (QED) is 0.192. The number of rotatable bonds is 9. The summed E-state index contributed by atoms with van der Waals surface area (Å²) in [7, 11) is 2.43. The van der Waals surface area contributed by atoms with Crippen molar-refractivity contribution in [2.45, 2.75) is 63.4 Å². The van der Waals surface area contributed by atoms with Crippen molar-refractivity contribution in [2.75, 3.05) is 20.5 Å². The van der Waals surface area contributed by atoms with Crippen LogP contribution in [0.1, 0.15) is 55.5 Å². The van der Waals surface area contributed by atoms with Crippen molar-refractivity contribution in [1.29, 1.82) is 1.34 Å². The van der Waals surface area contributed by atoms with Crippen LogP contribution >= 0.6 is 11.9 Å². The molecule has 3 fully saturated rings. The van der Waals surface area contributed by atoms with Crippen LogP contribution in [0, 0.1) is 6.92 Å². The van der Waals surface area contributed by atoms with Crippen LogP contribution in [-0.4, -0.2) is 62.9 Å². The Labute approximate surface area is 250 Å². The second-order valence-corrected chi connectivity index (χ2v) is 11.4. The summed E-state index contributed by atoms with van der Waals surface area (Å²) >= 11 is 0.781. The first-order valence-electron chi connectivity index (χ1n) is 13.7. The summed E-state index contributed by atoms with van der Waals surface area (Å²) < 4.78 is 41.7. The van der Waals surface area contributed by atoms with Crippen LogP contribution in [0.15, 0.2) is 24.8 Å². The van der Waals surface area contributed by atoms with Gasteiger partial charge in [0, 0.05) is 28.7 Å². The average molecular weight is 597 g/mol. The number of amides is 1. The number of hydrogen-bond donors (Lipinski definition) is 2. The van der Waals surface area contributed by atoms with E-state index in [1.54, 1.807) is 23.1 Å². The van der Waals surface area contributed by atoms with Gasteiger partial charge in [-0.25, -0.2) is 4.79 Å². The normalized spacial score (nSPS) is 29.1. The van der Waals surface area contributed by atoms with E-state index in [-0.39, 0.29) is 44.0 Å². The van der Waals surface area contributed by atoms with E-state index in [4.69, 9.17) is 29.2 Å². The number of benzene rings is 2. The number of esters is 1. The Bertz CT molecular complexity index is 1550. The van der Waals surface area contributed by atoms with Crippen molar-refractivity contribution in [3.05, 3.63) is 47.0 Å². The van der Waals surface area contributed by atoms with Gasteiger partial charge in [-0.3, -0.25) is 10.1 Å². The van der Waals surface area contributed by atoms with Crippen LogP contribution < -0.4 is 28.4 Å². The van der Waals surface area contributed by atoms with E-state index in [2.05, 4.69) is 11.9 Å². The molecule has 3 saturated heterocycles. The third-order valence-corrected chi connectivity index (χ3v) is 9.14. The number of phenolic OH excluding ortho intramolecular Hbond substituents is 1. The van der Waals surface area contributed by atoms with Crippen molar-refractivity contribution in [2.24, 2.45) is 0 Å². The smallest absolute Gasteiger partial charge is 0.334 e. The Morgan fingerprint density at radius 2 is 2.12 bits per heavy atom. The van der Waals surface area contributed by atoms with E-state index in [9.17, 15) is 14.7 Å². The van der Waals surface area contributed by atoms with Gasteiger partial charge in [0.05, 0.1) is 19.2 Å². The van der Waals surface area contributed by atoms with E-state index in [0.717, 1.165) is 35.7 Å². The first kappa shape index (κ1) is 27.1. The molecule has 4 heterocycles. The number of carbonyl (C=O) groups excluding carboxylic acids is 2. The Kier molecular flexibility index (Phi) is 6.25. The van der Waals surface area contributed by atoms with Gasteiger partial charge in [0.1, 0.15) is 12.4 Å². The largest absolute Gasteiger partial charge is 0.504 e. The second-order valence-electron chi connectivity index (χ2n) is 11.0. The SMILES string of the molecule is C.[3H][B]SOc1cc(C2(C)C[C@@H](C(=O)N3[C@@H]4C[C@]5(OC(=O)[C@@H]35)c3c(OCC=C)c(C)c5c(c34)OCO5)N2)cc(O)c1OC. The number of nitrogens with zero attached hydrogens (tertiary/aromatic N) is 1. The summed E-state index contributed by atoms with van der Waals surface area (Å²) in [6.07, 6.45) is 2.46. The van der Waals surface area contributed by atoms with E-state index in [0.29, 0.717) is 35.7 Å². The van der Waals surface area contributed by atoms with Crippen LogP contribution in [0.5, 0.6) is 34.5 Å². The van der Waals surface area contributed by atoms with E-state index >= 15 is 0 Å². The fourth-order valence-corrected chi connectivity index (χ4v) is 7.39. The molecule has 5 atom stereocenters. The van der Waals surface area contributed by atoms with Gasteiger partial charge in [-0.05, 0) is 51.2 Å². The fraction of sp³-hybridized carbons (Fsp3) is 0.448. The molecule has 5 aliphatic rings. The first-order valence-corrected chi connectivity index (χ1v) is 14.0. The Morgan fingerprint density at radius 1 is 1.36 bits per heavy atom. The zero-order valence-electron chi connectivity index (χ0n) is 23.6. The Hall–Kier alpha value is -3.71. The van der Waals surface area contributed by atoms with Crippen molar-refractivity contribution in [3.8, 4) is 34.5 Å². The highest BCUT2D eigenvalue weighted by atomic mass is 32.2. The van der Waals surface area contributed by atoms with Gasteiger partial charge >= 0.3 is 5.97 Å². The lowest BCUT2D eigenvalue weighted by molar-refractivity contribution is -0.209. The molecule has 1 aliphatic carbocycles. The summed E-state index contributed by atoms with van der Waals surface area (Å²) in [4.78, 5) is 28.7. The highest BCUT2D eigenvalue weighted by Gasteiger charge is 2.76. The highest BCUT2D eigenvalue weighted by molar-refractivity contribution is 8.16. The number of ether oxygens (including phenoxy) is 5. The molecule has 4 aliphatic heterocycles. The maximum absolute atomic E-state index is 14.1. The number of carbonyl (C=O) groups is 2. The minimum Gasteiger partial charge on any atom is -0.504 e. The second kappa shape index (κ2) is 9.67. The van der Waals surface area contributed by atoms with Crippen molar-refractivity contribution >= 4 is 30.9 Å². The average Bonchev–Trinajstić information content (AvgIpc) is 3.63. The topological polar surface area (TPSA) is 125 Å². The highest BCUT2D eigenvalue weighted by Crippen LogP contribution is 2.69. The molecule has 13 heteroatoms. The van der Waals surface area contributed by atoms with Crippen LogP contribution in [0.4, 0.5) is 0 Å². The molecule has 42 heavy (non-hydrogen) atoms. The van der Waals surface area contributed by atoms with E-state index < -0.39 is 35.2 Å². The molecule has 0 saturated carbocycles. The molecule has 0 aromatic heterocycles. The van der Waals surface area contributed by atoms with Gasteiger partial charge in [0.15, 0.2) is 34.6 Å². The first-order chi connectivity index (χ1) is 20.2. The number of nitrogens with one attached hydrogen (secondary N) is 1. The molecule has 11 nitrogen and oxygen atoms in total. The Morgan fingerprint density at radius 3 is 2.81 bits per heavy atom. The third-order valence-electron chi connectivity index (χ3n) is 8.87. The van der Waals surface area contributed by atoms with Gasteiger partial charge < -0.3 is 37.9 Å². The molecule has 7 rings (SSSR count). The number of methoxy groups -OCH3 is 1. The molecule has 2 aromatic rings. The van der Waals surface area contributed by atoms with Gasteiger partial charge in [0.25, 0.3) is 0 Å². The van der Waals surface area contributed by atoms with Crippen LogP contribution in [0.2, 0.25) is 0 Å². The number of fused-ring (bicyclic) bond motifs is 5. The van der Waals surface area contributed by atoms with E-state index in [1.165, 1.54) is 7.11 Å². The maximum Gasteiger partial charge on any atom is 0.334 e.